The van der Waals surface area contributed by atoms with Crippen LogP contribution in [0, 0.1) is 13.8 Å². The van der Waals surface area contributed by atoms with Gasteiger partial charge in [-0.3, -0.25) is 4.79 Å². The molecule has 1 amide bonds. The Hall–Kier alpha value is -2.74. The lowest BCUT2D eigenvalue weighted by Gasteiger charge is -2.11. The number of aryl methyl sites for hydroxylation is 3. The summed E-state index contributed by atoms with van der Waals surface area (Å²) in [6, 6.07) is 7.86. The van der Waals surface area contributed by atoms with Crippen LogP contribution in [-0.4, -0.2) is 36.9 Å². The molecule has 4 rings (SSSR count). The molecule has 0 saturated carbocycles. The molecule has 0 atom stereocenters. The van der Waals surface area contributed by atoms with E-state index in [1.54, 1.807) is 0 Å². The highest BCUT2D eigenvalue weighted by molar-refractivity contribution is 7.98. The third-order valence-corrected chi connectivity index (χ3v) is 6.25. The summed E-state index contributed by atoms with van der Waals surface area (Å²) in [7, 11) is 0. The third-order valence-electron chi connectivity index (χ3n) is 5.70. The number of anilines is 1. The number of nitrogens with zero attached hydrogens (tertiary/aromatic N) is 5. The maximum atomic E-state index is 12.6. The molecule has 0 fully saturated rings. The average Bonchev–Trinajstić information content (AvgIpc) is 3.01. The number of benzene rings is 1. The van der Waals surface area contributed by atoms with Gasteiger partial charge in [0.25, 0.3) is 0 Å². The van der Waals surface area contributed by atoms with Crippen LogP contribution in [0.15, 0.2) is 29.4 Å². The van der Waals surface area contributed by atoms with Gasteiger partial charge in [-0.05, 0) is 57.1 Å². The van der Waals surface area contributed by atoms with Gasteiger partial charge < -0.3 is 9.88 Å². The number of hydrogen-bond donors (Lipinski definition) is 1. The summed E-state index contributed by atoms with van der Waals surface area (Å²) in [4.78, 5) is 21.6. The van der Waals surface area contributed by atoms with Gasteiger partial charge in [-0.2, -0.15) is 0 Å². The predicted molar refractivity (Wildman–Crippen MR) is 123 cm³/mol. The van der Waals surface area contributed by atoms with Crippen LogP contribution in [0.3, 0.4) is 0 Å². The van der Waals surface area contributed by atoms with Crippen molar-refractivity contribution in [3.05, 3.63) is 47.0 Å². The second-order valence-corrected chi connectivity index (χ2v) is 8.66. The Balaban J connectivity index is 1.44. The first kappa shape index (κ1) is 21.5. The van der Waals surface area contributed by atoms with E-state index in [1.807, 2.05) is 44.4 Å². The van der Waals surface area contributed by atoms with E-state index in [4.69, 9.17) is 0 Å². The molecule has 0 unspecified atom stereocenters. The van der Waals surface area contributed by atoms with Crippen LogP contribution in [0.4, 0.5) is 5.69 Å². The van der Waals surface area contributed by atoms with Crippen LogP contribution >= 0.6 is 11.8 Å². The summed E-state index contributed by atoms with van der Waals surface area (Å²) in [6.07, 6.45) is 7.48. The van der Waals surface area contributed by atoms with Gasteiger partial charge in [-0.15, -0.1) is 10.2 Å². The second kappa shape index (κ2) is 9.60. The molecular weight excluding hydrogens is 408 g/mol. The van der Waals surface area contributed by atoms with Crippen LogP contribution in [-0.2, 0) is 24.2 Å². The lowest BCUT2D eigenvalue weighted by atomic mass is 10.1. The van der Waals surface area contributed by atoms with Crippen molar-refractivity contribution in [3.8, 4) is 11.4 Å². The molecule has 0 aliphatic carbocycles. The van der Waals surface area contributed by atoms with E-state index < -0.39 is 0 Å². The van der Waals surface area contributed by atoms with Gasteiger partial charge in [0.2, 0.25) is 5.91 Å². The molecule has 1 aromatic carbocycles. The van der Waals surface area contributed by atoms with Crippen molar-refractivity contribution in [1.29, 1.82) is 0 Å². The van der Waals surface area contributed by atoms with Crippen molar-refractivity contribution < 1.29 is 4.79 Å². The van der Waals surface area contributed by atoms with E-state index in [0.29, 0.717) is 12.8 Å². The van der Waals surface area contributed by atoms with E-state index in [0.717, 1.165) is 70.8 Å². The number of rotatable bonds is 6. The molecule has 0 radical (unpaired) electrons. The van der Waals surface area contributed by atoms with Gasteiger partial charge in [-0.1, -0.05) is 30.3 Å². The molecular formula is C23H28N6OS. The molecule has 0 bridgehead atoms. The van der Waals surface area contributed by atoms with E-state index in [9.17, 15) is 4.79 Å². The monoisotopic (exact) mass is 436 g/mol. The van der Waals surface area contributed by atoms with Crippen LogP contribution in [0.25, 0.3) is 11.4 Å². The summed E-state index contributed by atoms with van der Waals surface area (Å²) >= 11 is 1.53. The normalized spacial score (nSPS) is 13.5. The summed E-state index contributed by atoms with van der Waals surface area (Å²) in [5.74, 6) is 1.91. The van der Waals surface area contributed by atoms with E-state index >= 15 is 0 Å². The fourth-order valence-electron chi connectivity index (χ4n) is 4.06. The maximum absolute atomic E-state index is 12.6. The van der Waals surface area contributed by atoms with Crippen molar-refractivity contribution in [1.82, 2.24) is 24.7 Å². The Morgan fingerprint density at radius 2 is 1.94 bits per heavy atom. The Morgan fingerprint density at radius 3 is 2.71 bits per heavy atom. The first-order valence-electron chi connectivity index (χ1n) is 10.8. The summed E-state index contributed by atoms with van der Waals surface area (Å²) in [6.45, 7) is 4.91. The summed E-state index contributed by atoms with van der Waals surface area (Å²) < 4.78 is 2.22. The highest BCUT2D eigenvalue weighted by atomic mass is 32.2. The fourth-order valence-corrected chi connectivity index (χ4v) is 4.51. The van der Waals surface area contributed by atoms with Gasteiger partial charge in [0.15, 0.2) is 11.0 Å². The van der Waals surface area contributed by atoms with Crippen LogP contribution < -0.4 is 5.32 Å². The standard InChI is InChI=1S/C23H28N6OS/c1-15-19(16(2)25-23(24-15)31-3)11-12-21(30)26-18-9-7-8-17(14-18)22-28-27-20-10-5-4-6-13-29(20)22/h7-9,14H,4-6,10-13H2,1-3H3,(H,26,30). The summed E-state index contributed by atoms with van der Waals surface area (Å²) in [5, 5.41) is 12.6. The van der Waals surface area contributed by atoms with Crippen molar-refractivity contribution in [2.24, 2.45) is 0 Å². The minimum atomic E-state index is -0.0232. The molecule has 1 aliphatic rings. The fraction of sp³-hybridized carbons (Fsp3) is 0.435. The Labute approximate surface area is 187 Å². The van der Waals surface area contributed by atoms with Gasteiger partial charge in [-0.25, -0.2) is 9.97 Å². The van der Waals surface area contributed by atoms with Gasteiger partial charge in [0.1, 0.15) is 5.82 Å². The Morgan fingerprint density at radius 1 is 1.13 bits per heavy atom. The maximum Gasteiger partial charge on any atom is 0.224 e. The summed E-state index contributed by atoms with van der Waals surface area (Å²) in [5.41, 5.74) is 4.69. The molecule has 0 saturated heterocycles. The lowest BCUT2D eigenvalue weighted by molar-refractivity contribution is -0.116. The quantitative estimate of drug-likeness (QED) is 0.456. The topological polar surface area (TPSA) is 85.6 Å². The van der Waals surface area contributed by atoms with E-state index in [2.05, 4.69) is 30.0 Å². The zero-order valence-electron chi connectivity index (χ0n) is 18.3. The van der Waals surface area contributed by atoms with Gasteiger partial charge in [0.05, 0.1) is 0 Å². The minimum absolute atomic E-state index is 0.0232. The van der Waals surface area contributed by atoms with Crippen LogP contribution in [0.5, 0.6) is 0 Å². The minimum Gasteiger partial charge on any atom is -0.326 e. The van der Waals surface area contributed by atoms with E-state index in [1.165, 1.54) is 18.2 Å². The SMILES string of the molecule is CSc1nc(C)c(CCC(=O)Nc2cccc(-c3nnc4n3CCCCC4)c2)c(C)n1. The molecule has 31 heavy (non-hydrogen) atoms. The van der Waals surface area contributed by atoms with Crippen molar-refractivity contribution in [3.63, 3.8) is 0 Å². The molecule has 3 aromatic rings. The predicted octanol–water partition coefficient (Wildman–Crippen LogP) is 4.37. The van der Waals surface area contributed by atoms with Crippen molar-refractivity contribution in [2.45, 2.75) is 64.1 Å². The molecule has 3 heterocycles. The average molecular weight is 437 g/mol. The molecule has 162 valence electrons. The zero-order valence-corrected chi connectivity index (χ0v) is 19.1. The number of carbonyl (C=O) groups is 1. The number of hydrogen-bond acceptors (Lipinski definition) is 6. The van der Waals surface area contributed by atoms with Crippen molar-refractivity contribution >= 4 is 23.4 Å². The van der Waals surface area contributed by atoms with E-state index in [-0.39, 0.29) is 5.91 Å². The van der Waals surface area contributed by atoms with Gasteiger partial charge >= 0.3 is 0 Å². The molecule has 1 aliphatic heterocycles. The zero-order chi connectivity index (χ0) is 21.8. The molecule has 8 heteroatoms. The first-order valence-corrected chi connectivity index (χ1v) is 12.0. The highest BCUT2D eigenvalue weighted by Crippen LogP contribution is 2.25. The number of amides is 1. The number of aromatic nitrogens is 5. The van der Waals surface area contributed by atoms with Crippen LogP contribution in [0.1, 0.15) is 48.5 Å². The second-order valence-electron chi connectivity index (χ2n) is 7.89. The molecule has 2 aromatic heterocycles. The van der Waals surface area contributed by atoms with Crippen molar-refractivity contribution in [2.75, 3.05) is 11.6 Å². The smallest absolute Gasteiger partial charge is 0.224 e. The number of nitrogens with one attached hydrogen (secondary N) is 1. The number of carbonyl (C=O) groups excluding carboxylic acids is 1. The Bertz CT molecular complexity index is 1070. The number of thioether (sulfide) groups is 1. The van der Waals surface area contributed by atoms with Gasteiger partial charge in [0, 0.05) is 42.0 Å². The number of fused-ring (bicyclic) bond motifs is 1. The molecule has 7 nitrogen and oxygen atoms in total. The molecule has 0 spiro atoms. The Kier molecular flexibility index (Phi) is 6.65. The first-order chi connectivity index (χ1) is 15.0. The van der Waals surface area contributed by atoms with Crippen LogP contribution in [0.2, 0.25) is 0 Å². The molecule has 1 N–H and O–H groups in total. The third kappa shape index (κ3) is 4.95. The lowest BCUT2D eigenvalue weighted by Crippen LogP contribution is -2.14. The largest absolute Gasteiger partial charge is 0.326 e. The highest BCUT2D eigenvalue weighted by Gasteiger charge is 2.16.